The Morgan fingerprint density at radius 1 is 1.27 bits per heavy atom. The van der Waals surface area contributed by atoms with Crippen molar-refractivity contribution >= 4 is 11.6 Å². The summed E-state index contributed by atoms with van der Waals surface area (Å²) in [4.78, 5) is 4.82. The normalized spacial score (nSPS) is 25.5. The number of hydrogen-bond acceptors (Lipinski definition) is 2. The Morgan fingerprint density at radius 3 is 3.00 bits per heavy atom. The highest BCUT2D eigenvalue weighted by Crippen LogP contribution is 2.62. The van der Waals surface area contributed by atoms with Gasteiger partial charge in [-0.25, -0.2) is 0 Å². The zero-order valence-electron chi connectivity index (χ0n) is 12.9. The molecule has 2 aromatic rings. The molecule has 0 unspecified atom stereocenters. The Balaban J connectivity index is 1.85. The molecule has 2 aliphatic carbocycles. The quantitative estimate of drug-likeness (QED) is 0.933. The van der Waals surface area contributed by atoms with Crippen LogP contribution < -0.4 is 5.32 Å². The van der Waals surface area contributed by atoms with Crippen LogP contribution in [0.1, 0.15) is 35.2 Å². The van der Waals surface area contributed by atoms with E-state index in [1.165, 1.54) is 35.2 Å². The highest BCUT2D eigenvalue weighted by molar-refractivity contribution is 6.30. The lowest BCUT2D eigenvalue weighted by molar-refractivity contribution is 0.599. The summed E-state index contributed by atoms with van der Waals surface area (Å²) in [6.07, 6.45) is 6.50. The molecule has 1 aromatic carbocycles. The molecule has 3 heteroatoms. The van der Waals surface area contributed by atoms with Crippen molar-refractivity contribution < 1.29 is 0 Å². The minimum Gasteiger partial charge on any atom is -0.320 e. The predicted octanol–water partition coefficient (Wildman–Crippen LogP) is 3.75. The largest absolute Gasteiger partial charge is 0.320 e. The smallest absolute Gasteiger partial charge is 0.0544 e. The number of nitrogens with one attached hydrogen (secondary N) is 1. The zero-order chi connectivity index (χ0) is 15.2. The molecule has 1 spiro atoms. The van der Waals surface area contributed by atoms with Gasteiger partial charge in [0, 0.05) is 16.6 Å². The van der Waals surface area contributed by atoms with Gasteiger partial charge in [0.1, 0.15) is 0 Å². The highest BCUT2D eigenvalue weighted by Gasteiger charge is 2.58. The van der Waals surface area contributed by atoms with Crippen molar-refractivity contribution in [3.8, 4) is 0 Å². The van der Waals surface area contributed by atoms with Crippen molar-refractivity contribution in [2.45, 2.75) is 31.1 Å². The Bertz CT molecular complexity index is 712. The molecule has 114 valence electrons. The number of pyridine rings is 1. The maximum atomic E-state index is 6.25. The third-order valence-electron chi connectivity index (χ3n) is 5.37. The van der Waals surface area contributed by atoms with E-state index in [1.54, 1.807) is 0 Å². The predicted molar refractivity (Wildman–Crippen MR) is 90.5 cm³/mol. The van der Waals surface area contributed by atoms with Crippen LogP contribution in [0.4, 0.5) is 0 Å². The van der Waals surface area contributed by atoms with Crippen molar-refractivity contribution in [1.82, 2.24) is 10.3 Å². The van der Waals surface area contributed by atoms with Gasteiger partial charge in [0.05, 0.1) is 5.69 Å². The van der Waals surface area contributed by atoms with Gasteiger partial charge in [-0.15, -0.1) is 0 Å². The van der Waals surface area contributed by atoms with E-state index in [0.29, 0.717) is 5.92 Å². The Kier molecular flexibility index (Phi) is 3.47. The van der Waals surface area contributed by atoms with E-state index in [1.807, 2.05) is 19.3 Å². The van der Waals surface area contributed by atoms with Crippen molar-refractivity contribution in [1.29, 1.82) is 0 Å². The molecule has 1 heterocycles. The second-order valence-electron chi connectivity index (χ2n) is 6.58. The van der Waals surface area contributed by atoms with Crippen LogP contribution in [0.25, 0.3) is 0 Å². The van der Waals surface area contributed by atoms with Gasteiger partial charge in [0.2, 0.25) is 0 Å². The van der Waals surface area contributed by atoms with E-state index in [2.05, 4.69) is 29.6 Å². The second-order valence-corrected chi connectivity index (χ2v) is 7.01. The van der Waals surface area contributed by atoms with E-state index in [-0.39, 0.29) is 5.41 Å². The maximum Gasteiger partial charge on any atom is 0.0544 e. The summed E-state index contributed by atoms with van der Waals surface area (Å²) in [5, 5.41) is 4.14. The molecule has 0 bridgehead atoms. The molecule has 0 radical (unpaired) electrons. The first-order valence-corrected chi connectivity index (χ1v) is 8.51. The lowest BCUT2D eigenvalue weighted by atomic mass is 9.85. The van der Waals surface area contributed by atoms with Crippen LogP contribution in [0.3, 0.4) is 0 Å². The molecule has 2 atom stereocenters. The van der Waals surface area contributed by atoms with Crippen LogP contribution >= 0.6 is 11.6 Å². The summed E-state index contributed by atoms with van der Waals surface area (Å²) in [5.74, 6) is 0.687. The number of fused-ring (bicyclic) bond motifs is 4. The Hall–Kier alpha value is -1.38. The van der Waals surface area contributed by atoms with Crippen LogP contribution in [0.2, 0.25) is 5.02 Å². The topological polar surface area (TPSA) is 24.9 Å². The van der Waals surface area contributed by atoms with E-state index >= 15 is 0 Å². The minimum atomic E-state index is 0.129. The average Bonchev–Trinajstić information content (AvgIpc) is 3.28. The summed E-state index contributed by atoms with van der Waals surface area (Å²) >= 11 is 6.25. The number of aryl methyl sites for hydroxylation is 2. The standard InChI is InChI=1S/C19H21ClN2/c1-21-10-8-15-12-19(15)17-7-6-16(20)11-14(17)5-4-13-3-2-9-22-18(13)19/h2-3,6-7,9,11,15,21H,4-5,8,10,12H2,1H3/t15-,19-/m0/s1. The third-order valence-corrected chi connectivity index (χ3v) is 5.61. The van der Waals surface area contributed by atoms with Gasteiger partial charge in [0.15, 0.2) is 0 Å². The zero-order valence-corrected chi connectivity index (χ0v) is 13.7. The fourth-order valence-corrected chi connectivity index (χ4v) is 4.45. The summed E-state index contributed by atoms with van der Waals surface area (Å²) in [6, 6.07) is 10.8. The van der Waals surface area contributed by atoms with Crippen LogP contribution in [-0.2, 0) is 18.3 Å². The summed E-state index contributed by atoms with van der Waals surface area (Å²) in [7, 11) is 2.03. The molecular formula is C19H21ClN2. The SMILES string of the molecule is CNCC[C@H]1C[C@@]12c1ccc(Cl)cc1CCc1cccnc12. The molecule has 0 amide bonds. The summed E-state index contributed by atoms with van der Waals surface area (Å²) in [6.45, 7) is 1.07. The molecule has 1 fully saturated rings. The van der Waals surface area contributed by atoms with Gasteiger partial charge < -0.3 is 5.32 Å². The van der Waals surface area contributed by atoms with Crippen LogP contribution in [0.5, 0.6) is 0 Å². The number of halogens is 1. The number of aromatic nitrogens is 1. The molecule has 1 N–H and O–H groups in total. The van der Waals surface area contributed by atoms with Crippen molar-refractivity contribution in [2.24, 2.45) is 5.92 Å². The van der Waals surface area contributed by atoms with Gasteiger partial charge in [0.25, 0.3) is 0 Å². The molecule has 1 aromatic heterocycles. The van der Waals surface area contributed by atoms with Crippen molar-refractivity contribution in [3.05, 3.63) is 63.9 Å². The van der Waals surface area contributed by atoms with E-state index < -0.39 is 0 Å². The first-order valence-electron chi connectivity index (χ1n) is 8.13. The van der Waals surface area contributed by atoms with Crippen molar-refractivity contribution in [2.75, 3.05) is 13.6 Å². The van der Waals surface area contributed by atoms with Crippen LogP contribution in [-0.4, -0.2) is 18.6 Å². The fraction of sp³-hybridized carbons (Fsp3) is 0.421. The van der Waals surface area contributed by atoms with Gasteiger partial charge in [-0.1, -0.05) is 23.7 Å². The van der Waals surface area contributed by atoms with Crippen LogP contribution in [0, 0.1) is 5.92 Å². The monoisotopic (exact) mass is 312 g/mol. The highest BCUT2D eigenvalue weighted by atomic mass is 35.5. The van der Waals surface area contributed by atoms with Gasteiger partial charge in [-0.3, -0.25) is 4.98 Å². The van der Waals surface area contributed by atoms with E-state index in [4.69, 9.17) is 16.6 Å². The molecule has 2 aliphatic rings. The lowest BCUT2D eigenvalue weighted by Crippen LogP contribution is -2.18. The molecule has 1 saturated carbocycles. The minimum absolute atomic E-state index is 0.129. The number of rotatable bonds is 3. The first-order chi connectivity index (χ1) is 10.8. The number of nitrogens with zero attached hydrogens (tertiary/aromatic N) is 1. The Labute approximate surface area is 136 Å². The average molecular weight is 313 g/mol. The molecule has 2 nitrogen and oxygen atoms in total. The molecule has 4 rings (SSSR count). The van der Waals surface area contributed by atoms with E-state index in [9.17, 15) is 0 Å². The van der Waals surface area contributed by atoms with Gasteiger partial charge in [-0.05, 0) is 80.1 Å². The first kappa shape index (κ1) is 14.2. The third kappa shape index (κ3) is 2.09. The number of benzene rings is 1. The Morgan fingerprint density at radius 2 is 2.14 bits per heavy atom. The van der Waals surface area contributed by atoms with Gasteiger partial charge >= 0.3 is 0 Å². The molecule has 0 aliphatic heterocycles. The van der Waals surface area contributed by atoms with Gasteiger partial charge in [-0.2, -0.15) is 0 Å². The summed E-state index contributed by atoms with van der Waals surface area (Å²) < 4.78 is 0. The lowest BCUT2D eigenvalue weighted by Gasteiger charge is -2.20. The molecule has 22 heavy (non-hydrogen) atoms. The molecule has 0 saturated heterocycles. The van der Waals surface area contributed by atoms with Crippen LogP contribution in [0.15, 0.2) is 36.5 Å². The van der Waals surface area contributed by atoms with E-state index in [0.717, 1.165) is 24.4 Å². The fourth-order valence-electron chi connectivity index (χ4n) is 4.26. The second kappa shape index (κ2) is 5.36. The maximum absolute atomic E-state index is 6.25. The number of hydrogen-bond donors (Lipinski definition) is 1. The molecular weight excluding hydrogens is 292 g/mol. The van der Waals surface area contributed by atoms with Crippen molar-refractivity contribution in [3.63, 3.8) is 0 Å². The summed E-state index contributed by atoms with van der Waals surface area (Å²) in [5.41, 5.74) is 5.75.